The molecule has 10 nitrogen and oxygen atoms in total. The summed E-state index contributed by atoms with van der Waals surface area (Å²) in [5, 5.41) is 3.60. The van der Waals surface area contributed by atoms with Crippen LogP contribution in [0.3, 0.4) is 0 Å². The molecule has 0 radical (unpaired) electrons. The molecule has 2 heterocycles. The molecule has 0 atom stereocenters. The van der Waals surface area contributed by atoms with Gasteiger partial charge in [0.2, 0.25) is 11.6 Å². The number of ether oxygens (including phenoxy) is 4. The Balaban J connectivity index is 1.21. The van der Waals surface area contributed by atoms with E-state index in [-0.39, 0.29) is 24.7 Å². The number of nitrogens with zero attached hydrogens (tertiary/aromatic N) is 3. The highest BCUT2D eigenvalue weighted by Gasteiger charge is 2.23. The number of rotatable bonds is 13. The molecule has 2 aromatic carbocycles. The number of anilines is 1. The lowest BCUT2D eigenvalue weighted by Crippen LogP contribution is -2.22. The Morgan fingerprint density at radius 3 is 2.48 bits per heavy atom. The monoisotopic (exact) mass is 544 g/mol. The molecule has 1 aliphatic carbocycles. The Hall–Kier alpha value is -4.44. The number of aromatic nitrogens is 2. The molecule has 1 aliphatic heterocycles. The molecule has 3 aromatic rings. The summed E-state index contributed by atoms with van der Waals surface area (Å²) >= 11 is 0. The van der Waals surface area contributed by atoms with Crippen LogP contribution in [-0.4, -0.2) is 73.0 Å². The van der Waals surface area contributed by atoms with E-state index >= 15 is 0 Å². The maximum absolute atomic E-state index is 12.8. The molecule has 0 amide bonds. The fourth-order valence-electron chi connectivity index (χ4n) is 4.62. The average Bonchev–Trinajstić information content (AvgIpc) is 3.50. The third-order valence-corrected chi connectivity index (χ3v) is 6.65. The van der Waals surface area contributed by atoms with E-state index in [0.717, 1.165) is 26.1 Å². The van der Waals surface area contributed by atoms with Crippen LogP contribution in [0.4, 0.5) is 5.82 Å². The summed E-state index contributed by atoms with van der Waals surface area (Å²) in [5.74, 6) is 1.31. The van der Waals surface area contributed by atoms with Crippen LogP contribution in [0.5, 0.6) is 17.2 Å². The SMILES string of the molecule is COc1cc2c(NC3=CC(=O)C(OCCOc4ccccc4)=CC3=O)ncnc2cc1OCCCN1CCCC1. The first kappa shape index (κ1) is 27.1. The predicted molar refractivity (Wildman–Crippen MR) is 150 cm³/mol. The highest BCUT2D eigenvalue weighted by atomic mass is 16.5. The highest BCUT2D eigenvalue weighted by molar-refractivity contribution is 6.20. The molecule has 0 bridgehead atoms. The fourth-order valence-corrected chi connectivity index (χ4v) is 4.62. The van der Waals surface area contributed by atoms with Gasteiger partial charge in [0.1, 0.15) is 31.1 Å². The van der Waals surface area contributed by atoms with Gasteiger partial charge in [-0.15, -0.1) is 0 Å². The Bertz CT molecular complexity index is 1420. The zero-order valence-electron chi connectivity index (χ0n) is 22.4. The van der Waals surface area contributed by atoms with Crippen molar-refractivity contribution in [2.75, 3.05) is 51.9 Å². The minimum Gasteiger partial charge on any atom is -0.493 e. The lowest BCUT2D eigenvalue weighted by molar-refractivity contribution is -0.117. The van der Waals surface area contributed by atoms with Gasteiger partial charge < -0.3 is 29.2 Å². The van der Waals surface area contributed by atoms with Crippen LogP contribution in [0.2, 0.25) is 0 Å². The van der Waals surface area contributed by atoms with Gasteiger partial charge in [0.15, 0.2) is 17.3 Å². The number of nitrogens with one attached hydrogen (secondary N) is 1. The van der Waals surface area contributed by atoms with Crippen molar-refractivity contribution < 1.29 is 28.5 Å². The minimum absolute atomic E-state index is 0.0343. The number of para-hydroxylation sites is 1. The van der Waals surface area contributed by atoms with Crippen molar-refractivity contribution in [3.8, 4) is 17.2 Å². The molecule has 2 aliphatic rings. The summed E-state index contributed by atoms with van der Waals surface area (Å²) in [4.78, 5) is 36.6. The number of carbonyl (C=O) groups excluding carboxylic acids is 2. The number of carbonyl (C=O) groups is 2. The van der Waals surface area contributed by atoms with Crippen molar-refractivity contribution in [3.05, 3.63) is 72.4 Å². The van der Waals surface area contributed by atoms with Crippen LogP contribution < -0.4 is 19.5 Å². The number of benzene rings is 2. The van der Waals surface area contributed by atoms with Gasteiger partial charge in [-0.3, -0.25) is 9.59 Å². The first-order valence-electron chi connectivity index (χ1n) is 13.4. The highest BCUT2D eigenvalue weighted by Crippen LogP contribution is 2.34. The summed E-state index contributed by atoms with van der Waals surface area (Å²) in [6.07, 6.45) is 7.22. The van der Waals surface area contributed by atoms with Gasteiger partial charge in [-0.05, 0) is 50.6 Å². The molecular weight excluding hydrogens is 512 g/mol. The molecule has 10 heteroatoms. The Kier molecular flexibility index (Phi) is 8.87. The average molecular weight is 545 g/mol. The topological polar surface area (TPSA) is 112 Å². The van der Waals surface area contributed by atoms with E-state index in [2.05, 4.69) is 20.2 Å². The van der Waals surface area contributed by atoms with E-state index in [4.69, 9.17) is 18.9 Å². The van der Waals surface area contributed by atoms with Crippen molar-refractivity contribution in [2.45, 2.75) is 19.3 Å². The molecule has 1 fully saturated rings. The second kappa shape index (κ2) is 13.1. The van der Waals surface area contributed by atoms with E-state index < -0.39 is 11.6 Å². The third-order valence-electron chi connectivity index (χ3n) is 6.65. The van der Waals surface area contributed by atoms with E-state index in [1.54, 1.807) is 19.2 Å². The van der Waals surface area contributed by atoms with Crippen molar-refractivity contribution in [3.63, 3.8) is 0 Å². The lowest BCUT2D eigenvalue weighted by atomic mass is 10.1. The minimum atomic E-state index is -0.428. The van der Waals surface area contributed by atoms with E-state index in [0.29, 0.717) is 40.6 Å². The second-order valence-corrected chi connectivity index (χ2v) is 9.42. The fraction of sp³-hybridized carbons (Fsp3) is 0.333. The number of hydrogen-bond acceptors (Lipinski definition) is 10. The number of methoxy groups -OCH3 is 1. The summed E-state index contributed by atoms with van der Waals surface area (Å²) in [6, 6.07) is 12.8. The Morgan fingerprint density at radius 1 is 0.875 bits per heavy atom. The predicted octanol–water partition coefficient (Wildman–Crippen LogP) is 3.93. The van der Waals surface area contributed by atoms with Crippen LogP contribution in [0, 0.1) is 0 Å². The van der Waals surface area contributed by atoms with Gasteiger partial charge in [0.25, 0.3) is 0 Å². The molecule has 1 N–H and O–H groups in total. The summed E-state index contributed by atoms with van der Waals surface area (Å²) in [7, 11) is 1.57. The number of hydrogen-bond donors (Lipinski definition) is 1. The van der Waals surface area contributed by atoms with Crippen molar-refractivity contribution in [1.82, 2.24) is 14.9 Å². The molecule has 0 unspecified atom stereocenters. The van der Waals surface area contributed by atoms with Crippen LogP contribution in [-0.2, 0) is 14.3 Å². The Labute approximate surface area is 232 Å². The number of ketones is 2. The molecular formula is C30H32N4O6. The smallest absolute Gasteiger partial charge is 0.222 e. The Morgan fingerprint density at radius 2 is 1.68 bits per heavy atom. The molecule has 40 heavy (non-hydrogen) atoms. The zero-order chi connectivity index (χ0) is 27.7. The molecule has 0 saturated carbocycles. The molecule has 1 saturated heterocycles. The van der Waals surface area contributed by atoms with Gasteiger partial charge >= 0.3 is 0 Å². The van der Waals surface area contributed by atoms with Crippen LogP contribution in [0.15, 0.2) is 72.4 Å². The van der Waals surface area contributed by atoms with Gasteiger partial charge in [0, 0.05) is 30.1 Å². The van der Waals surface area contributed by atoms with Gasteiger partial charge in [0.05, 0.1) is 24.9 Å². The van der Waals surface area contributed by atoms with Crippen molar-refractivity contribution >= 4 is 28.3 Å². The maximum atomic E-state index is 12.8. The molecule has 5 rings (SSSR count). The molecule has 208 valence electrons. The maximum Gasteiger partial charge on any atom is 0.222 e. The van der Waals surface area contributed by atoms with Gasteiger partial charge in [-0.1, -0.05) is 18.2 Å². The van der Waals surface area contributed by atoms with E-state index in [1.807, 2.05) is 30.3 Å². The van der Waals surface area contributed by atoms with Gasteiger partial charge in [-0.2, -0.15) is 0 Å². The van der Waals surface area contributed by atoms with Crippen LogP contribution in [0.25, 0.3) is 10.9 Å². The molecule has 1 aromatic heterocycles. The quantitative estimate of drug-likeness (QED) is 0.251. The first-order chi connectivity index (χ1) is 19.6. The summed E-state index contributed by atoms with van der Waals surface area (Å²) < 4.78 is 22.7. The third kappa shape index (κ3) is 6.76. The van der Waals surface area contributed by atoms with Crippen LogP contribution in [0.1, 0.15) is 19.3 Å². The molecule has 0 spiro atoms. The first-order valence-corrected chi connectivity index (χ1v) is 13.4. The number of likely N-dealkylation sites (tertiary alicyclic amines) is 1. The van der Waals surface area contributed by atoms with Crippen LogP contribution >= 0.6 is 0 Å². The van der Waals surface area contributed by atoms with Crippen molar-refractivity contribution in [1.29, 1.82) is 0 Å². The van der Waals surface area contributed by atoms with E-state index in [9.17, 15) is 9.59 Å². The van der Waals surface area contributed by atoms with E-state index in [1.165, 1.54) is 31.3 Å². The number of allylic oxidation sites excluding steroid dienone is 2. The number of fused-ring (bicyclic) bond motifs is 1. The van der Waals surface area contributed by atoms with Gasteiger partial charge in [-0.25, -0.2) is 9.97 Å². The normalized spacial score (nSPS) is 15.5. The summed E-state index contributed by atoms with van der Waals surface area (Å²) in [6.45, 7) is 4.24. The zero-order valence-corrected chi connectivity index (χ0v) is 22.4. The lowest BCUT2D eigenvalue weighted by Gasteiger charge is -2.17. The largest absolute Gasteiger partial charge is 0.493 e. The standard InChI is InChI=1S/C30H32N4O6/c1-37-28-16-22-23(18-29(28)39-13-7-12-34-10-5-6-11-34)31-20-32-30(22)33-24-17-26(36)27(19-25(24)35)40-15-14-38-21-8-3-2-4-9-21/h2-4,8-9,16-20H,5-7,10-15H2,1H3,(H,31,32,33). The second-order valence-electron chi connectivity index (χ2n) is 9.42. The summed E-state index contributed by atoms with van der Waals surface area (Å²) in [5.41, 5.74) is 0.695. The van der Waals surface area contributed by atoms with Crippen molar-refractivity contribution in [2.24, 2.45) is 0 Å².